The van der Waals surface area contributed by atoms with Crippen LogP contribution in [0.4, 0.5) is 5.69 Å². The lowest BCUT2D eigenvalue weighted by atomic mass is 10.0. The maximum atomic E-state index is 12.1. The highest BCUT2D eigenvalue weighted by molar-refractivity contribution is 5.95. The van der Waals surface area contributed by atoms with Crippen molar-refractivity contribution in [2.24, 2.45) is 17.2 Å². The summed E-state index contributed by atoms with van der Waals surface area (Å²) in [5, 5.41) is 2.79. The van der Waals surface area contributed by atoms with Crippen LogP contribution in [0.2, 0.25) is 0 Å². The summed E-state index contributed by atoms with van der Waals surface area (Å²) in [6.45, 7) is 1.96. The number of nitrogens with two attached hydrogens (primary N) is 3. The third-order valence-corrected chi connectivity index (χ3v) is 3.83. The predicted molar refractivity (Wildman–Crippen MR) is 97.6 cm³/mol. The molecule has 0 bridgehead atoms. The number of benzene rings is 1. The van der Waals surface area contributed by atoms with Crippen molar-refractivity contribution in [3.8, 4) is 0 Å². The molecular weight excluding hydrogens is 320 g/mol. The Bertz CT molecular complexity index is 616. The van der Waals surface area contributed by atoms with E-state index in [4.69, 9.17) is 17.2 Å². The van der Waals surface area contributed by atoms with Crippen LogP contribution in [0.3, 0.4) is 0 Å². The van der Waals surface area contributed by atoms with E-state index < -0.39 is 11.9 Å². The molecule has 1 atom stereocenters. The molecule has 0 spiro atoms. The van der Waals surface area contributed by atoms with E-state index in [0.717, 1.165) is 36.8 Å². The summed E-state index contributed by atoms with van der Waals surface area (Å²) in [7, 11) is 0. The Balaban J connectivity index is 2.54. The number of anilines is 1. The van der Waals surface area contributed by atoms with Gasteiger partial charge in [0.25, 0.3) is 0 Å². The number of unbranched alkanes of at least 4 members (excludes halogenated alkanes) is 2. The topological polar surface area (TPSA) is 141 Å². The molecule has 0 saturated carbocycles. The lowest BCUT2D eigenvalue weighted by Crippen LogP contribution is -2.36. The van der Waals surface area contributed by atoms with Crippen LogP contribution in [0, 0.1) is 6.92 Å². The van der Waals surface area contributed by atoms with Gasteiger partial charge in [0.05, 0.1) is 6.04 Å². The molecule has 138 valence electrons. The standard InChI is InChI=1S/C18H28N4O3/c1-12-9-13(5-3-2-4-6-16(20)23)11-14(10-12)22-18(25)15(19)7-8-17(21)24/h9-11,15H,2-8,19H2,1H3,(H2,20,23)(H2,21,24)(H,22,25)/t15-/m0/s1. The first kappa shape index (κ1) is 20.6. The van der Waals surface area contributed by atoms with Crippen LogP contribution in [-0.4, -0.2) is 23.8 Å². The molecule has 0 heterocycles. The molecule has 0 radical (unpaired) electrons. The molecule has 1 aromatic rings. The molecule has 0 unspecified atom stereocenters. The lowest BCUT2D eigenvalue weighted by molar-refractivity contribution is -0.120. The fourth-order valence-electron chi connectivity index (χ4n) is 2.55. The Morgan fingerprint density at radius 1 is 1.00 bits per heavy atom. The number of hydrogen-bond donors (Lipinski definition) is 4. The van der Waals surface area contributed by atoms with Crippen LogP contribution in [-0.2, 0) is 20.8 Å². The van der Waals surface area contributed by atoms with Gasteiger partial charge < -0.3 is 22.5 Å². The Morgan fingerprint density at radius 2 is 1.68 bits per heavy atom. The molecule has 0 saturated heterocycles. The fourth-order valence-corrected chi connectivity index (χ4v) is 2.55. The van der Waals surface area contributed by atoms with Crippen LogP contribution >= 0.6 is 0 Å². The quantitative estimate of drug-likeness (QED) is 0.444. The summed E-state index contributed by atoms with van der Waals surface area (Å²) in [6.07, 6.45) is 4.24. The fraction of sp³-hybridized carbons (Fsp3) is 0.500. The van der Waals surface area contributed by atoms with Gasteiger partial charge in [0, 0.05) is 18.5 Å². The van der Waals surface area contributed by atoms with Crippen molar-refractivity contribution in [2.75, 3.05) is 5.32 Å². The summed E-state index contributed by atoms with van der Waals surface area (Å²) < 4.78 is 0. The van der Waals surface area contributed by atoms with Gasteiger partial charge in [0.2, 0.25) is 17.7 Å². The lowest BCUT2D eigenvalue weighted by Gasteiger charge is -2.13. The van der Waals surface area contributed by atoms with E-state index in [9.17, 15) is 14.4 Å². The molecule has 25 heavy (non-hydrogen) atoms. The van der Waals surface area contributed by atoms with Gasteiger partial charge >= 0.3 is 0 Å². The molecule has 7 heteroatoms. The van der Waals surface area contributed by atoms with E-state index in [0.29, 0.717) is 12.1 Å². The molecule has 1 rings (SSSR count). The van der Waals surface area contributed by atoms with E-state index >= 15 is 0 Å². The van der Waals surface area contributed by atoms with Gasteiger partial charge in [-0.25, -0.2) is 0 Å². The zero-order valence-electron chi connectivity index (χ0n) is 14.7. The van der Waals surface area contributed by atoms with Crippen molar-refractivity contribution >= 4 is 23.4 Å². The second kappa shape index (κ2) is 10.5. The van der Waals surface area contributed by atoms with Crippen molar-refractivity contribution in [1.29, 1.82) is 0 Å². The highest BCUT2D eigenvalue weighted by Crippen LogP contribution is 2.17. The van der Waals surface area contributed by atoms with Crippen molar-refractivity contribution in [1.82, 2.24) is 0 Å². The largest absolute Gasteiger partial charge is 0.370 e. The van der Waals surface area contributed by atoms with Gasteiger partial charge in [-0.3, -0.25) is 14.4 Å². The predicted octanol–water partition coefficient (Wildman–Crippen LogP) is 1.11. The maximum absolute atomic E-state index is 12.1. The summed E-state index contributed by atoms with van der Waals surface area (Å²) >= 11 is 0. The van der Waals surface area contributed by atoms with Crippen molar-refractivity contribution < 1.29 is 14.4 Å². The van der Waals surface area contributed by atoms with Gasteiger partial charge in [0.1, 0.15) is 0 Å². The molecule has 0 aliphatic heterocycles. The Labute approximate surface area is 148 Å². The number of nitrogens with one attached hydrogen (secondary N) is 1. The van der Waals surface area contributed by atoms with Crippen molar-refractivity contribution in [3.05, 3.63) is 29.3 Å². The van der Waals surface area contributed by atoms with Crippen LogP contribution < -0.4 is 22.5 Å². The Hall–Kier alpha value is -2.41. The average molecular weight is 348 g/mol. The summed E-state index contributed by atoms with van der Waals surface area (Å²) in [5.74, 6) is -1.08. The van der Waals surface area contributed by atoms with Crippen LogP contribution in [0.5, 0.6) is 0 Å². The normalized spacial score (nSPS) is 11.8. The number of hydrogen-bond acceptors (Lipinski definition) is 4. The maximum Gasteiger partial charge on any atom is 0.241 e. The van der Waals surface area contributed by atoms with Crippen LogP contribution in [0.15, 0.2) is 18.2 Å². The van der Waals surface area contributed by atoms with E-state index in [2.05, 4.69) is 11.4 Å². The van der Waals surface area contributed by atoms with Gasteiger partial charge in [-0.15, -0.1) is 0 Å². The number of aryl methyl sites for hydroxylation is 2. The average Bonchev–Trinajstić information content (AvgIpc) is 2.51. The molecule has 0 fully saturated rings. The number of carbonyl (C=O) groups excluding carboxylic acids is 3. The van der Waals surface area contributed by atoms with E-state index in [1.807, 2.05) is 19.1 Å². The van der Waals surface area contributed by atoms with Crippen molar-refractivity contribution in [2.45, 2.75) is 57.9 Å². The molecule has 1 aromatic carbocycles. The highest BCUT2D eigenvalue weighted by Gasteiger charge is 2.14. The third kappa shape index (κ3) is 8.85. The van der Waals surface area contributed by atoms with Gasteiger partial charge in [-0.05, 0) is 55.9 Å². The molecule has 3 amide bonds. The third-order valence-electron chi connectivity index (χ3n) is 3.83. The second-order valence-corrected chi connectivity index (χ2v) is 6.33. The van der Waals surface area contributed by atoms with E-state index in [1.165, 1.54) is 0 Å². The Morgan fingerprint density at radius 3 is 2.32 bits per heavy atom. The minimum Gasteiger partial charge on any atom is -0.370 e. The summed E-state index contributed by atoms with van der Waals surface area (Å²) in [4.78, 5) is 33.6. The zero-order chi connectivity index (χ0) is 18.8. The zero-order valence-corrected chi connectivity index (χ0v) is 14.7. The molecule has 0 aliphatic carbocycles. The monoisotopic (exact) mass is 348 g/mol. The van der Waals surface area contributed by atoms with Crippen LogP contribution in [0.25, 0.3) is 0 Å². The first-order valence-electron chi connectivity index (χ1n) is 8.51. The first-order chi connectivity index (χ1) is 11.8. The van der Waals surface area contributed by atoms with Gasteiger partial charge in [-0.1, -0.05) is 12.5 Å². The number of amides is 3. The number of rotatable bonds is 11. The molecule has 0 aliphatic rings. The second-order valence-electron chi connectivity index (χ2n) is 6.33. The minimum atomic E-state index is -0.773. The molecule has 7 N–H and O–H groups in total. The summed E-state index contributed by atoms with van der Waals surface area (Å²) in [5.41, 5.74) is 18.8. The minimum absolute atomic E-state index is 0.0823. The SMILES string of the molecule is Cc1cc(CCCCCC(N)=O)cc(NC(=O)[C@@H](N)CCC(N)=O)c1. The molecule has 0 aromatic heterocycles. The molecular formula is C18H28N4O3. The smallest absolute Gasteiger partial charge is 0.241 e. The van der Waals surface area contributed by atoms with E-state index in [-0.39, 0.29) is 24.7 Å². The van der Waals surface area contributed by atoms with Crippen LogP contribution in [0.1, 0.15) is 49.7 Å². The Kier molecular flexibility index (Phi) is 8.63. The summed E-state index contributed by atoms with van der Waals surface area (Å²) in [6, 6.07) is 5.08. The highest BCUT2D eigenvalue weighted by atomic mass is 16.2. The van der Waals surface area contributed by atoms with Crippen molar-refractivity contribution in [3.63, 3.8) is 0 Å². The van der Waals surface area contributed by atoms with E-state index in [1.54, 1.807) is 0 Å². The number of primary amides is 2. The molecule has 7 nitrogen and oxygen atoms in total. The number of carbonyl (C=O) groups is 3. The first-order valence-corrected chi connectivity index (χ1v) is 8.51. The van der Waals surface area contributed by atoms with Gasteiger partial charge in [-0.2, -0.15) is 0 Å². The van der Waals surface area contributed by atoms with Gasteiger partial charge in [0.15, 0.2) is 0 Å².